The summed E-state index contributed by atoms with van der Waals surface area (Å²) in [6, 6.07) is 0.227. The zero-order valence-corrected chi connectivity index (χ0v) is 9.36. The maximum Gasteiger partial charge on any atom is 0.227 e. The van der Waals surface area contributed by atoms with Crippen molar-refractivity contribution in [1.82, 2.24) is 14.7 Å². The van der Waals surface area contributed by atoms with Crippen LogP contribution in [0.5, 0.6) is 5.88 Å². The first-order chi connectivity index (χ1) is 7.09. The fraction of sp³-hybridized carbons (Fsp3) is 0.625. The van der Waals surface area contributed by atoms with Crippen molar-refractivity contribution in [1.29, 1.82) is 0 Å². The first-order valence-electron chi connectivity index (χ1n) is 4.54. The van der Waals surface area contributed by atoms with Gasteiger partial charge in [0.2, 0.25) is 5.88 Å². The Hall–Kier alpha value is -0.920. The first-order valence-corrected chi connectivity index (χ1v) is 5.61. The Morgan fingerprint density at radius 2 is 2.47 bits per heavy atom. The summed E-state index contributed by atoms with van der Waals surface area (Å²) in [7, 11) is 3.91. The Labute approximate surface area is 90.1 Å². The first kappa shape index (κ1) is 10.6. The molecule has 0 saturated carbocycles. The Balaban J connectivity index is 2.26. The lowest BCUT2D eigenvalue weighted by atomic mass is 10.3. The van der Waals surface area contributed by atoms with Gasteiger partial charge in [-0.25, -0.2) is 4.68 Å². The van der Waals surface area contributed by atoms with E-state index in [1.807, 2.05) is 19.0 Å². The Kier molecular flexibility index (Phi) is 2.76. The minimum Gasteiger partial charge on any atom is -0.768 e. The minimum absolute atomic E-state index is 0.132. The molecule has 0 amide bonds. The zero-order valence-electron chi connectivity index (χ0n) is 8.54. The molecule has 2 rings (SSSR count). The third kappa shape index (κ3) is 1.90. The third-order valence-electron chi connectivity index (χ3n) is 2.47. The second kappa shape index (κ2) is 3.92. The van der Waals surface area contributed by atoms with Gasteiger partial charge in [-0.3, -0.25) is 4.21 Å². The fourth-order valence-corrected chi connectivity index (χ4v) is 1.93. The molecule has 15 heavy (non-hydrogen) atoms. The molecule has 0 N–H and O–H groups in total. The average Bonchev–Trinajstić information content (AvgIpc) is 2.59. The molecule has 0 radical (unpaired) electrons. The van der Waals surface area contributed by atoms with Gasteiger partial charge in [-0.15, -0.1) is 0 Å². The maximum absolute atomic E-state index is 10.8. The molecule has 0 fully saturated rings. The van der Waals surface area contributed by atoms with E-state index in [0.717, 1.165) is 0 Å². The van der Waals surface area contributed by atoms with Crippen molar-refractivity contribution in [2.45, 2.75) is 17.5 Å². The highest BCUT2D eigenvalue weighted by Gasteiger charge is 2.24. The summed E-state index contributed by atoms with van der Waals surface area (Å²) in [6.45, 7) is 1.14. The maximum atomic E-state index is 10.8. The van der Waals surface area contributed by atoms with Crippen LogP contribution in [-0.2, 0) is 17.6 Å². The van der Waals surface area contributed by atoms with E-state index < -0.39 is 11.1 Å². The molecule has 84 valence electrons. The Bertz CT molecular complexity index is 390. The topological polar surface area (TPSA) is 70.4 Å². The van der Waals surface area contributed by atoms with Crippen LogP contribution in [0.1, 0.15) is 0 Å². The summed E-state index contributed by atoms with van der Waals surface area (Å²) in [6.07, 6.45) is 1.32. The third-order valence-corrected chi connectivity index (χ3v) is 3.10. The van der Waals surface area contributed by atoms with Crippen molar-refractivity contribution in [3.05, 3.63) is 6.20 Å². The summed E-state index contributed by atoms with van der Waals surface area (Å²) < 4.78 is 28.6. The number of fused-ring (bicyclic) bond motifs is 1. The predicted octanol–water partition coefficient (Wildman–Crippen LogP) is -0.556. The molecule has 1 aromatic heterocycles. The van der Waals surface area contributed by atoms with E-state index in [1.165, 1.54) is 6.20 Å². The molecule has 1 aromatic rings. The largest absolute Gasteiger partial charge is 0.768 e. The highest BCUT2D eigenvalue weighted by atomic mass is 32.2. The molecule has 6 nitrogen and oxygen atoms in total. The van der Waals surface area contributed by atoms with Crippen LogP contribution in [0.25, 0.3) is 0 Å². The van der Waals surface area contributed by atoms with Crippen LogP contribution in [0.2, 0.25) is 0 Å². The minimum atomic E-state index is -2.28. The summed E-state index contributed by atoms with van der Waals surface area (Å²) >= 11 is -2.28. The standard InChI is InChI=1S/C8H13N3O3S/c1-10(2)6-4-11-8(14-5-6)7(3-9-11)15(12)13/h3,6H,4-5H2,1-2H3,(H,12,13)/p-1. The molecular weight excluding hydrogens is 218 g/mol. The van der Waals surface area contributed by atoms with Crippen molar-refractivity contribution in [3.63, 3.8) is 0 Å². The number of ether oxygens (including phenoxy) is 1. The van der Waals surface area contributed by atoms with Crippen LogP contribution in [0.15, 0.2) is 11.1 Å². The summed E-state index contributed by atoms with van der Waals surface area (Å²) in [5.41, 5.74) is 0. The molecule has 2 heterocycles. The van der Waals surface area contributed by atoms with Gasteiger partial charge < -0.3 is 14.2 Å². The molecule has 0 saturated heterocycles. The van der Waals surface area contributed by atoms with E-state index in [0.29, 0.717) is 19.0 Å². The molecule has 0 aromatic carbocycles. The number of hydrogen-bond donors (Lipinski definition) is 0. The lowest BCUT2D eigenvalue weighted by molar-refractivity contribution is 0.117. The second-order valence-electron chi connectivity index (χ2n) is 3.66. The van der Waals surface area contributed by atoms with Crippen LogP contribution >= 0.6 is 0 Å². The lowest BCUT2D eigenvalue weighted by Crippen LogP contribution is -2.41. The monoisotopic (exact) mass is 230 g/mol. The van der Waals surface area contributed by atoms with E-state index in [2.05, 4.69) is 5.10 Å². The van der Waals surface area contributed by atoms with Crippen LogP contribution in [0.4, 0.5) is 0 Å². The summed E-state index contributed by atoms with van der Waals surface area (Å²) in [5.74, 6) is 0.349. The molecule has 2 unspecified atom stereocenters. The summed E-state index contributed by atoms with van der Waals surface area (Å²) in [5, 5.41) is 3.98. The molecular formula is C8H12N3O3S-. The molecule has 7 heteroatoms. The molecule has 1 aliphatic heterocycles. The highest BCUT2D eigenvalue weighted by molar-refractivity contribution is 7.79. The SMILES string of the molecule is CN(C)C1COc2c(S(=O)[O-])cnn2C1. The Morgan fingerprint density at radius 3 is 3.07 bits per heavy atom. The molecule has 0 spiro atoms. The second-order valence-corrected chi connectivity index (χ2v) is 4.57. The number of aromatic nitrogens is 2. The van der Waals surface area contributed by atoms with Crippen LogP contribution in [0.3, 0.4) is 0 Å². The fourth-order valence-electron chi connectivity index (χ4n) is 1.49. The van der Waals surface area contributed by atoms with E-state index in [-0.39, 0.29) is 10.9 Å². The molecule has 2 atom stereocenters. The lowest BCUT2D eigenvalue weighted by Gasteiger charge is -2.29. The normalized spacial score (nSPS) is 22.3. The molecule has 1 aliphatic rings. The number of likely N-dealkylation sites (N-methyl/N-ethyl adjacent to an activating group) is 1. The molecule has 0 aliphatic carbocycles. The predicted molar refractivity (Wildman–Crippen MR) is 52.4 cm³/mol. The van der Waals surface area contributed by atoms with Crippen molar-refractivity contribution < 1.29 is 13.5 Å². The van der Waals surface area contributed by atoms with Crippen molar-refractivity contribution >= 4 is 11.1 Å². The van der Waals surface area contributed by atoms with Crippen molar-refractivity contribution in [2.24, 2.45) is 0 Å². The summed E-state index contributed by atoms with van der Waals surface area (Å²) in [4.78, 5) is 2.16. The quantitative estimate of drug-likeness (QED) is 0.637. The highest BCUT2D eigenvalue weighted by Crippen LogP contribution is 2.25. The number of rotatable bonds is 2. The zero-order chi connectivity index (χ0) is 11.0. The van der Waals surface area contributed by atoms with E-state index in [9.17, 15) is 8.76 Å². The average molecular weight is 230 g/mol. The van der Waals surface area contributed by atoms with Gasteiger partial charge in [0.05, 0.1) is 18.8 Å². The van der Waals surface area contributed by atoms with Gasteiger partial charge in [-0.1, -0.05) is 0 Å². The van der Waals surface area contributed by atoms with Crippen molar-refractivity contribution in [2.75, 3.05) is 20.7 Å². The van der Waals surface area contributed by atoms with Gasteiger partial charge in [0.25, 0.3) is 0 Å². The smallest absolute Gasteiger partial charge is 0.227 e. The van der Waals surface area contributed by atoms with Gasteiger partial charge in [0.1, 0.15) is 11.5 Å². The van der Waals surface area contributed by atoms with Crippen LogP contribution < -0.4 is 4.74 Å². The van der Waals surface area contributed by atoms with Gasteiger partial charge in [-0.2, -0.15) is 5.10 Å². The molecule has 0 bridgehead atoms. The van der Waals surface area contributed by atoms with Gasteiger partial charge in [0.15, 0.2) is 0 Å². The van der Waals surface area contributed by atoms with Crippen LogP contribution in [-0.4, -0.2) is 50.2 Å². The Morgan fingerprint density at radius 1 is 1.73 bits per heavy atom. The van der Waals surface area contributed by atoms with Gasteiger partial charge in [-0.05, 0) is 25.2 Å². The van der Waals surface area contributed by atoms with Gasteiger partial charge >= 0.3 is 0 Å². The number of nitrogens with zero attached hydrogens (tertiary/aromatic N) is 3. The van der Waals surface area contributed by atoms with Gasteiger partial charge in [0, 0.05) is 0 Å². The number of hydrogen-bond acceptors (Lipinski definition) is 5. The van der Waals surface area contributed by atoms with E-state index >= 15 is 0 Å². The van der Waals surface area contributed by atoms with E-state index in [4.69, 9.17) is 4.74 Å². The van der Waals surface area contributed by atoms with Crippen molar-refractivity contribution in [3.8, 4) is 5.88 Å². The van der Waals surface area contributed by atoms with E-state index in [1.54, 1.807) is 4.68 Å². The van der Waals surface area contributed by atoms with Crippen LogP contribution in [0, 0.1) is 0 Å².